The molecule has 1 aliphatic heterocycles. The van der Waals surface area contributed by atoms with Crippen LogP contribution in [0.25, 0.3) is 16.9 Å². The third kappa shape index (κ3) is 4.35. The van der Waals surface area contributed by atoms with Crippen LogP contribution in [0.2, 0.25) is 0 Å². The van der Waals surface area contributed by atoms with Gasteiger partial charge in [0.2, 0.25) is 10.0 Å². The van der Waals surface area contributed by atoms with Crippen LogP contribution in [0, 0.1) is 13.8 Å². The van der Waals surface area contributed by atoms with E-state index in [1.807, 2.05) is 50.2 Å². The Morgan fingerprint density at radius 2 is 1.74 bits per heavy atom. The van der Waals surface area contributed by atoms with E-state index in [0.717, 1.165) is 33.8 Å². The van der Waals surface area contributed by atoms with Crippen molar-refractivity contribution in [3.63, 3.8) is 0 Å². The average molecular weight is 493 g/mol. The molecule has 0 saturated carbocycles. The van der Waals surface area contributed by atoms with Crippen molar-refractivity contribution < 1.29 is 13.2 Å². The van der Waals surface area contributed by atoms with E-state index < -0.39 is 10.0 Å². The Bertz CT molecular complexity index is 1470. The van der Waals surface area contributed by atoms with Crippen molar-refractivity contribution in [1.82, 2.24) is 23.9 Å². The second-order valence-corrected chi connectivity index (χ2v) is 10.6. The van der Waals surface area contributed by atoms with Crippen molar-refractivity contribution in [2.24, 2.45) is 0 Å². The molecular formula is C25H28N6O3S. The number of aromatic nitrogens is 4. The fraction of sp³-hybridized carbons (Fsp3) is 0.320. The minimum Gasteiger partial charge on any atom is -0.497 e. The van der Waals surface area contributed by atoms with E-state index in [1.165, 1.54) is 6.33 Å². The lowest BCUT2D eigenvalue weighted by atomic mass is 10.1. The number of rotatable bonds is 5. The third-order valence-electron chi connectivity index (χ3n) is 6.40. The van der Waals surface area contributed by atoms with Gasteiger partial charge in [-0.15, -0.1) is 0 Å². The standard InChI is InChI=1S/C25H28N6O3S/c1-18-5-6-19(2)23(15-18)35(32,33)30-12-4-11-29(13-14-30)24-22(16-26-25-27-17-28-31(24)25)20-7-9-21(34-3)10-8-20/h5-10,15-17H,4,11-14H2,1-3H3. The number of benzene rings is 2. The summed E-state index contributed by atoms with van der Waals surface area (Å²) >= 11 is 0. The van der Waals surface area contributed by atoms with Crippen LogP contribution in [-0.4, -0.2) is 65.6 Å². The molecule has 35 heavy (non-hydrogen) atoms. The van der Waals surface area contributed by atoms with E-state index >= 15 is 0 Å². The quantitative estimate of drug-likeness (QED) is 0.422. The number of methoxy groups -OCH3 is 1. The number of fused-ring (bicyclic) bond motifs is 1. The van der Waals surface area contributed by atoms with Gasteiger partial charge >= 0.3 is 0 Å². The topological polar surface area (TPSA) is 92.9 Å². The molecule has 0 N–H and O–H groups in total. The maximum Gasteiger partial charge on any atom is 0.254 e. The Hall–Kier alpha value is -3.50. The van der Waals surface area contributed by atoms with Crippen molar-refractivity contribution in [1.29, 1.82) is 0 Å². The van der Waals surface area contributed by atoms with Gasteiger partial charge in [0.25, 0.3) is 5.78 Å². The molecule has 1 saturated heterocycles. The van der Waals surface area contributed by atoms with Crippen LogP contribution in [0.1, 0.15) is 17.5 Å². The van der Waals surface area contributed by atoms with Crippen LogP contribution in [0.3, 0.4) is 0 Å². The van der Waals surface area contributed by atoms with Gasteiger partial charge in [-0.05, 0) is 55.2 Å². The Morgan fingerprint density at radius 3 is 2.51 bits per heavy atom. The summed E-state index contributed by atoms with van der Waals surface area (Å²) in [5, 5.41) is 4.43. The van der Waals surface area contributed by atoms with Crippen molar-refractivity contribution in [2.45, 2.75) is 25.2 Å². The van der Waals surface area contributed by atoms with Crippen LogP contribution in [0.4, 0.5) is 5.82 Å². The number of aryl methyl sites for hydroxylation is 2. The molecule has 1 fully saturated rings. The van der Waals surface area contributed by atoms with E-state index in [0.29, 0.717) is 43.3 Å². The molecule has 0 amide bonds. The van der Waals surface area contributed by atoms with Crippen LogP contribution >= 0.6 is 0 Å². The molecule has 2 aromatic heterocycles. The maximum atomic E-state index is 13.5. The molecule has 0 aliphatic carbocycles. The van der Waals surface area contributed by atoms with Gasteiger partial charge in [0, 0.05) is 37.9 Å². The molecule has 3 heterocycles. The monoisotopic (exact) mass is 492 g/mol. The smallest absolute Gasteiger partial charge is 0.254 e. The summed E-state index contributed by atoms with van der Waals surface area (Å²) in [7, 11) is -1.96. The van der Waals surface area contributed by atoms with Gasteiger partial charge in [0.1, 0.15) is 17.9 Å². The first-order valence-corrected chi connectivity index (χ1v) is 13.0. The molecule has 5 rings (SSSR count). The highest BCUT2D eigenvalue weighted by Crippen LogP contribution is 2.32. The average Bonchev–Trinajstić information content (AvgIpc) is 3.20. The lowest BCUT2D eigenvalue weighted by molar-refractivity contribution is 0.415. The molecule has 0 atom stereocenters. The van der Waals surface area contributed by atoms with Crippen molar-refractivity contribution in [3.05, 3.63) is 66.1 Å². The molecule has 0 spiro atoms. The van der Waals surface area contributed by atoms with Gasteiger partial charge in [-0.25, -0.2) is 13.4 Å². The fourth-order valence-corrected chi connectivity index (χ4v) is 6.30. The van der Waals surface area contributed by atoms with Crippen LogP contribution in [-0.2, 0) is 10.0 Å². The van der Waals surface area contributed by atoms with Gasteiger partial charge in [0.05, 0.1) is 12.0 Å². The lowest BCUT2D eigenvalue weighted by Crippen LogP contribution is -2.36. The summed E-state index contributed by atoms with van der Waals surface area (Å²) in [6.45, 7) is 5.78. The van der Waals surface area contributed by atoms with E-state index in [1.54, 1.807) is 28.2 Å². The molecule has 9 nitrogen and oxygen atoms in total. The normalized spacial score (nSPS) is 15.3. The first-order valence-electron chi connectivity index (χ1n) is 11.5. The minimum absolute atomic E-state index is 0.371. The third-order valence-corrected chi connectivity index (χ3v) is 8.44. The fourth-order valence-electron chi connectivity index (χ4n) is 4.52. The van der Waals surface area contributed by atoms with Gasteiger partial charge in [-0.1, -0.05) is 24.3 Å². The molecule has 4 aromatic rings. The van der Waals surface area contributed by atoms with Gasteiger partial charge in [0.15, 0.2) is 0 Å². The molecular weight excluding hydrogens is 464 g/mol. The second-order valence-electron chi connectivity index (χ2n) is 8.71. The Morgan fingerprint density at radius 1 is 0.943 bits per heavy atom. The Balaban J connectivity index is 1.50. The molecule has 0 bridgehead atoms. The lowest BCUT2D eigenvalue weighted by Gasteiger charge is -2.26. The summed E-state index contributed by atoms with van der Waals surface area (Å²) in [6, 6.07) is 13.3. The minimum atomic E-state index is -3.60. The summed E-state index contributed by atoms with van der Waals surface area (Å²) in [5.41, 5.74) is 3.56. The van der Waals surface area contributed by atoms with E-state index in [9.17, 15) is 8.42 Å². The molecule has 0 unspecified atom stereocenters. The summed E-state index contributed by atoms with van der Waals surface area (Å²) in [6.07, 6.45) is 3.97. The summed E-state index contributed by atoms with van der Waals surface area (Å²) in [4.78, 5) is 11.3. The van der Waals surface area contributed by atoms with E-state index in [-0.39, 0.29) is 0 Å². The van der Waals surface area contributed by atoms with Crippen LogP contribution < -0.4 is 9.64 Å². The number of sulfonamides is 1. The van der Waals surface area contributed by atoms with Crippen molar-refractivity contribution >= 4 is 21.6 Å². The molecule has 0 radical (unpaired) electrons. The van der Waals surface area contributed by atoms with Crippen LogP contribution in [0.5, 0.6) is 5.75 Å². The van der Waals surface area contributed by atoms with Crippen molar-refractivity contribution in [2.75, 3.05) is 38.2 Å². The molecule has 2 aromatic carbocycles. The number of hydrogen-bond acceptors (Lipinski definition) is 7. The van der Waals surface area contributed by atoms with E-state index in [2.05, 4.69) is 20.0 Å². The zero-order chi connectivity index (χ0) is 24.6. The second kappa shape index (κ2) is 9.27. The zero-order valence-electron chi connectivity index (χ0n) is 20.0. The van der Waals surface area contributed by atoms with Gasteiger partial charge in [-0.2, -0.15) is 18.9 Å². The number of hydrogen-bond donors (Lipinski definition) is 0. The first kappa shape index (κ1) is 23.3. The largest absolute Gasteiger partial charge is 0.497 e. The number of nitrogens with zero attached hydrogens (tertiary/aromatic N) is 6. The molecule has 10 heteroatoms. The molecule has 1 aliphatic rings. The Labute approximate surface area is 205 Å². The predicted octanol–water partition coefficient (Wildman–Crippen LogP) is 3.32. The maximum absolute atomic E-state index is 13.5. The SMILES string of the molecule is COc1ccc(-c2cnc3ncnn3c2N2CCCN(S(=O)(=O)c3cc(C)ccc3C)CC2)cc1. The number of anilines is 1. The highest BCUT2D eigenvalue weighted by molar-refractivity contribution is 7.89. The number of ether oxygens (including phenoxy) is 1. The Kier molecular flexibility index (Phi) is 6.16. The van der Waals surface area contributed by atoms with Gasteiger partial charge in [-0.3, -0.25) is 0 Å². The van der Waals surface area contributed by atoms with Gasteiger partial charge < -0.3 is 9.64 Å². The van der Waals surface area contributed by atoms with Crippen molar-refractivity contribution in [3.8, 4) is 16.9 Å². The highest BCUT2D eigenvalue weighted by Gasteiger charge is 2.30. The predicted molar refractivity (Wildman–Crippen MR) is 134 cm³/mol. The first-order chi connectivity index (χ1) is 16.9. The summed E-state index contributed by atoms with van der Waals surface area (Å²) < 4.78 is 35.7. The summed E-state index contributed by atoms with van der Waals surface area (Å²) in [5.74, 6) is 2.12. The zero-order valence-corrected chi connectivity index (χ0v) is 20.9. The van der Waals surface area contributed by atoms with E-state index in [4.69, 9.17) is 4.74 Å². The molecule has 182 valence electrons. The highest BCUT2D eigenvalue weighted by atomic mass is 32.2. The van der Waals surface area contributed by atoms with Crippen LogP contribution in [0.15, 0.2) is 59.9 Å².